The van der Waals surface area contributed by atoms with E-state index in [9.17, 15) is 14.7 Å². The summed E-state index contributed by atoms with van der Waals surface area (Å²) in [7, 11) is 0. The number of morpholine rings is 1. The second-order valence-electron chi connectivity index (χ2n) is 8.76. The number of cyclic esters (lactones) is 1. The van der Waals surface area contributed by atoms with Gasteiger partial charge in [-0.15, -0.1) is 0 Å². The molecule has 2 aliphatic heterocycles. The predicted octanol–water partition coefficient (Wildman–Crippen LogP) is 3.70. The van der Waals surface area contributed by atoms with E-state index in [1.54, 1.807) is 17.9 Å². The van der Waals surface area contributed by atoms with E-state index in [0.717, 1.165) is 12.8 Å². The molecule has 1 N–H and O–H groups in total. The van der Waals surface area contributed by atoms with Crippen LogP contribution in [0.25, 0.3) is 0 Å². The maximum absolute atomic E-state index is 12.8. The van der Waals surface area contributed by atoms with Gasteiger partial charge in [-0.05, 0) is 69.4 Å². The Bertz CT molecular complexity index is 958. The van der Waals surface area contributed by atoms with Crippen LogP contribution < -0.4 is 0 Å². The van der Waals surface area contributed by atoms with Crippen LogP contribution in [-0.4, -0.2) is 66.1 Å². The van der Waals surface area contributed by atoms with Crippen LogP contribution in [0.3, 0.4) is 0 Å². The maximum Gasteiger partial charge on any atom is 0.338 e. The number of hydrogen-bond acceptors (Lipinski definition) is 7. The highest BCUT2D eigenvalue weighted by Gasteiger charge is 2.26. The van der Waals surface area contributed by atoms with Gasteiger partial charge in [-0.2, -0.15) is 0 Å². The zero-order valence-corrected chi connectivity index (χ0v) is 20.2. The number of hydrogen-bond donors (Lipinski definition) is 1. The number of esters is 1. The molecule has 1 aromatic carbocycles. The van der Waals surface area contributed by atoms with Crippen LogP contribution in [0.4, 0.5) is 0 Å². The fraction of sp³-hybridized carbons (Fsp3) is 0.500. The number of rotatable bonds is 3. The first-order chi connectivity index (χ1) is 16.3. The van der Waals surface area contributed by atoms with Gasteiger partial charge in [0.15, 0.2) is 6.61 Å². The highest BCUT2D eigenvalue weighted by molar-refractivity contribution is 6.00. The topological polar surface area (TPSA) is 97.7 Å². The molecular weight excluding hydrogens is 436 g/mol. The molecule has 0 saturated carbocycles. The van der Waals surface area contributed by atoms with E-state index in [2.05, 4.69) is 11.2 Å². The first-order valence-electron chi connectivity index (χ1n) is 11.8. The average Bonchev–Trinajstić information content (AvgIpc) is 2.76. The third-order valence-electron chi connectivity index (χ3n) is 5.61. The number of nitrogens with zero attached hydrogens (tertiary/aromatic N) is 2. The van der Waals surface area contributed by atoms with Crippen LogP contribution in [-0.2, 0) is 25.5 Å². The second kappa shape index (κ2) is 12.4. The molecular formula is C26H34N2O6. The smallest absolute Gasteiger partial charge is 0.338 e. The van der Waals surface area contributed by atoms with E-state index in [0.29, 0.717) is 41.9 Å². The quantitative estimate of drug-likeness (QED) is 0.411. The summed E-state index contributed by atoms with van der Waals surface area (Å²) < 4.78 is 11.1. The largest absolute Gasteiger partial charge is 0.508 e. The fourth-order valence-electron chi connectivity index (χ4n) is 4.17. The van der Waals surface area contributed by atoms with Crippen molar-refractivity contribution < 1.29 is 29.0 Å². The van der Waals surface area contributed by atoms with Gasteiger partial charge >= 0.3 is 5.97 Å². The first-order valence-corrected chi connectivity index (χ1v) is 11.8. The molecule has 2 atom stereocenters. The molecule has 34 heavy (non-hydrogen) atoms. The Morgan fingerprint density at radius 3 is 2.62 bits per heavy atom. The summed E-state index contributed by atoms with van der Waals surface area (Å²) in [5, 5.41) is 14.3. The van der Waals surface area contributed by atoms with E-state index < -0.39 is 5.97 Å². The Hall–Kier alpha value is -3.13. The van der Waals surface area contributed by atoms with Gasteiger partial charge in [-0.25, -0.2) is 4.79 Å². The predicted molar refractivity (Wildman–Crippen MR) is 129 cm³/mol. The van der Waals surface area contributed by atoms with Gasteiger partial charge < -0.3 is 24.3 Å². The Labute approximate surface area is 200 Å². The molecule has 184 valence electrons. The second-order valence-corrected chi connectivity index (χ2v) is 8.76. The lowest BCUT2D eigenvalue weighted by molar-refractivity contribution is -0.147. The summed E-state index contributed by atoms with van der Waals surface area (Å²) in [5.41, 5.74) is 2.16. The fourth-order valence-corrected chi connectivity index (χ4v) is 4.17. The summed E-state index contributed by atoms with van der Waals surface area (Å²) in [6.45, 7) is 6.77. The van der Waals surface area contributed by atoms with Crippen molar-refractivity contribution >= 4 is 17.6 Å². The lowest BCUT2D eigenvalue weighted by Crippen LogP contribution is -2.49. The van der Waals surface area contributed by atoms with Crippen molar-refractivity contribution in [1.29, 1.82) is 0 Å². The normalized spacial score (nSPS) is 25.1. The highest BCUT2D eigenvalue weighted by atomic mass is 16.6. The number of carbonyl (C=O) groups excluding carboxylic acids is 2. The number of allylic oxidation sites excluding steroid dienone is 3. The molecule has 0 spiro atoms. The van der Waals surface area contributed by atoms with E-state index in [4.69, 9.17) is 14.3 Å². The Morgan fingerprint density at radius 1 is 1.15 bits per heavy atom. The van der Waals surface area contributed by atoms with Gasteiger partial charge in [0.25, 0.3) is 5.91 Å². The van der Waals surface area contributed by atoms with Crippen molar-refractivity contribution in [3.05, 3.63) is 53.1 Å². The molecule has 8 nitrogen and oxygen atoms in total. The van der Waals surface area contributed by atoms with Crippen molar-refractivity contribution in [2.45, 2.75) is 58.7 Å². The third kappa shape index (κ3) is 7.45. The van der Waals surface area contributed by atoms with Gasteiger partial charge in [0, 0.05) is 19.5 Å². The number of phenolic OH excluding ortho intramolecular Hbond substituents is 1. The minimum Gasteiger partial charge on any atom is -0.508 e. The lowest BCUT2D eigenvalue weighted by Gasteiger charge is -2.35. The summed E-state index contributed by atoms with van der Waals surface area (Å²) >= 11 is 0. The number of ether oxygens (including phenoxy) is 2. The van der Waals surface area contributed by atoms with Crippen LogP contribution in [0.15, 0.2) is 41.6 Å². The summed E-state index contributed by atoms with van der Waals surface area (Å²) in [6.07, 6.45) is 10.4. The van der Waals surface area contributed by atoms with Gasteiger partial charge in [0.1, 0.15) is 5.75 Å². The van der Waals surface area contributed by atoms with Crippen molar-refractivity contribution in [3.63, 3.8) is 0 Å². The van der Waals surface area contributed by atoms with E-state index in [1.807, 2.05) is 32.1 Å². The molecule has 3 rings (SSSR count). The minimum atomic E-state index is -0.437. The minimum absolute atomic E-state index is 0.0252. The number of fused-ring (bicyclic) bond motifs is 1. The number of aromatic hydroxyl groups is 1. The zero-order chi connectivity index (χ0) is 24.5. The van der Waals surface area contributed by atoms with Crippen LogP contribution >= 0.6 is 0 Å². The molecule has 0 aliphatic carbocycles. The van der Waals surface area contributed by atoms with Crippen molar-refractivity contribution in [2.24, 2.45) is 5.16 Å². The molecule has 2 aliphatic rings. The SMILES string of the molecule is Cc1cc(O)cc2c1C(=O)OCC/C=C/CC/C=C/C(=N\OCC(=O)N1CC(C)OC(C)C1)C2. The molecule has 1 fully saturated rings. The van der Waals surface area contributed by atoms with Gasteiger partial charge in [0.05, 0.1) is 30.1 Å². The molecule has 2 heterocycles. The molecule has 0 aromatic heterocycles. The summed E-state index contributed by atoms with van der Waals surface area (Å²) in [4.78, 5) is 32.5. The van der Waals surface area contributed by atoms with Crippen LogP contribution in [0.5, 0.6) is 5.75 Å². The molecule has 8 heteroatoms. The number of aryl methyl sites for hydroxylation is 1. The van der Waals surface area contributed by atoms with Gasteiger partial charge in [-0.3, -0.25) is 4.79 Å². The van der Waals surface area contributed by atoms with Crippen molar-refractivity contribution in [2.75, 3.05) is 26.3 Å². The molecule has 1 amide bonds. The first kappa shape index (κ1) is 25.5. The summed E-state index contributed by atoms with van der Waals surface area (Å²) in [6, 6.07) is 3.08. The Kier molecular flexibility index (Phi) is 9.27. The van der Waals surface area contributed by atoms with Gasteiger partial charge in [-0.1, -0.05) is 23.4 Å². The number of oxime groups is 1. The van der Waals surface area contributed by atoms with Crippen molar-refractivity contribution in [3.8, 4) is 5.75 Å². The molecule has 2 unspecified atom stereocenters. The van der Waals surface area contributed by atoms with E-state index >= 15 is 0 Å². The average molecular weight is 471 g/mol. The van der Waals surface area contributed by atoms with E-state index in [1.165, 1.54) is 6.07 Å². The lowest BCUT2D eigenvalue weighted by atomic mass is 9.96. The van der Waals surface area contributed by atoms with Crippen LogP contribution in [0.2, 0.25) is 0 Å². The molecule has 1 saturated heterocycles. The number of phenols is 1. The van der Waals surface area contributed by atoms with Crippen LogP contribution in [0, 0.1) is 6.92 Å². The summed E-state index contributed by atoms with van der Waals surface area (Å²) in [5.74, 6) is -0.533. The maximum atomic E-state index is 12.8. The molecule has 0 radical (unpaired) electrons. The van der Waals surface area contributed by atoms with Crippen molar-refractivity contribution in [1.82, 2.24) is 4.90 Å². The molecule has 0 bridgehead atoms. The number of carbonyl (C=O) groups is 2. The monoisotopic (exact) mass is 470 g/mol. The molecule has 1 aromatic rings. The Balaban J connectivity index is 1.79. The number of benzene rings is 1. The van der Waals surface area contributed by atoms with Gasteiger partial charge in [0.2, 0.25) is 0 Å². The number of amides is 1. The highest BCUT2D eigenvalue weighted by Crippen LogP contribution is 2.24. The van der Waals surface area contributed by atoms with Crippen LogP contribution in [0.1, 0.15) is 54.6 Å². The standard InChI is InChI=1S/C26H34N2O6/c1-18-12-23(29)14-21-13-22(10-8-6-4-5-7-9-11-32-26(31)25(18)21)27-33-17-24(30)28-15-19(2)34-20(3)16-28/h5,7-8,10,12,14,19-20,29H,4,6,9,11,13,15-17H2,1-3H3/b7-5+,10-8+,27-22+. The zero-order valence-electron chi connectivity index (χ0n) is 20.2. The third-order valence-corrected chi connectivity index (χ3v) is 5.61. The van der Waals surface area contributed by atoms with E-state index in [-0.39, 0.29) is 43.5 Å². The Morgan fingerprint density at radius 2 is 1.85 bits per heavy atom.